The molecule has 0 amide bonds. The number of unbranched alkanes of at least 4 members (excludes halogenated alkanes) is 1. The maximum atomic E-state index is 4.34. The molecule has 0 fully saturated rings. The highest BCUT2D eigenvalue weighted by Crippen LogP contribution is 2.17. The van der Waals surface area contributed by atoms with Gasteiger partial charge >= 0.3 is 0 Å². The van der Waals surface area contributed by atoms with Gasteiger partial charge in [-0.05, 0) is 31.9 Å². The Morgan fingerprint density at radius 3 is 2.53 bits per heavy atom. The fourth-order valence-corrected chi connectivity index (χ4v) is 1.82. The quantitative estimate of drug-likeness (QED) is 0.709. The summed E-state index contributed by atoms with van der Waals surface area (Å²) < 4.78 is 0. The molecule has 0 bridgehead atoms. The third-order valence-corrected chi connectivity index (χ3v) is 2.90. The first-order valence-electron chi connectivity index (χ1n) is 6.55. The van der Waals surface area contributed by atoms with Gasteiger partial charge in [-0.3, -0.25) is 4.98 Å². The Morgan fingerprint density at radius 2 is 2.00 bits per heavy atom. The van der Waals surface area contributed by atoms with E-state index in [4.69, 9.17) is 0 Å². The average Bonchev–Trinajstić information content (AvgIpc) is 2.34. The Morgan fingerprint density at radius 1 is 1.24 bits per heavy atom. The van der Waals surface area contributed by atoms with E-state index in [9.17, 15) is 0 Å². The molecule has 0 aliphatic carbocycles. The van der Waals surface area contributed by atoms with Crippen molar-refractivity contribution in [1.29, 1.82) is 0 Å². The molecule has 1 rings (SSSR count). The van der Waals surface area contributed by atoms with Gasteiger partial charge in [0.15, 0.2) is 0 Å². The first-order valence-corrected chi connectivity index (χ1v) is 6.55. The highest BCUT2D eigenvalue weighted by Gasteiger charge is 2.08. The summed E-state index contributed by atoms with van der Waals surface area (Å²) in [5.41, 5.74) is 3.30. The van der Waals surface area contributed by atoms with Gasteiger partial charge in [0.25, 0.3) is 0 Å². The van der Waals surface area contributed by atoms with Gasteiger partial charge in [-0.1, -0.05) is 26.8 Å². The van der Waals surface area contributed by atoms with Crippen molar-refractivity contribution in [2.45, 2.75) is 40.0 Å². The summed E-state index contributed by atoms with van der Waals surface area (Å²) in [5, 5.41) is 0. The molecule has 0 aromatic carbocycles. The molecule has 2 nitrogen and oxygen atoms in total. The Hall–Kier alpha value is -1.31. The minimum atomic E-state index is 1.05. The van der Waals surface area contributed by atoms with Crippen molar-refractivity contribution in [3.8, 4) is 0 Å². The molecule has 0 aliphatic rings. The predicted octanol–water partition coefficient (Wildman–Crippen LogP) is 3.87. The van der Waals surface area contributed by atoms with E-state index < -0.39 is 0 Å². The zero-order chi connectivity index (χ0) is 12.7. The Kier molecular flexibility index (Phi) is 5.75. The molecule has 0 aliphatic heterocycles. The SMILES string of the molecule is C=C(c1ccc(C)nc1)N(CCC)CCCC. The van der Waals surface area contributed by atoms with Crippen LogP contribution >= 0.6 is 0 Å². The van der Waals surface area contributed by atoms with Crippen molar-refractivity contribution in [1.82, 2.24) is 9.88 Å². The van der Waals surface area contributed by atoms with Gasteiger partial charge < -0.3 is 4.90 Å². The summed E-state index contributed by atoms with van der Waals surface area (Å²) in [6, 6.07) is 4.16. The molecule has 2 heteroatoms. The normalized spacial score (nSPS) is 10.3. The number of pyridine rings is 1. The van der Waals surface area contributed by atoms with Gasteiger partial charge in [0.2, 0.25) is 0 Å². The fourth-order valence-electron chi connectivity index (χ4n) is 1.82. The van der Waals surface area contributed by atoms with E-state index in [1.807, 2.05) is 19.2 Å². The molecule has 0 spiro atoms. The third-order valence-electron chi connectivity index (χ3n) is 2.90. The minimum Gasteiger partial charge on any atom is -0.371 e. The summed E-state index contributed by atoms with van der Waals surface area (Å²) in [6.45, 7) is 12.8. The lowest BCUT2D eigenvalue weighted by Gasteiger charge is -2.26. The maximum absolute atomic E-state index is 4.34. The molecule has 0 radical (unpaired) electrons. The van der Waals surface area contributed by atoms with Crippen LogP contribution in [-0.2, 0) is 0 Å². The molecule has 0 saturated carbocycles. The molecular formula is C15H24N2. The lowest BCUT2D eigenvalue weighted by atomic mass is 10.1. The number of aromatic nitrogens is 1. The molecule has 94 valence electrons. The molecular weight excluding hydrogens is 208 g/mol. The Labute approximate surface area is 105 Å². The van der Waals surface area contributed by atoms with E-state index in [0.29, 0.717) is 0 Å². The van der Waals surface area contributed by atoms with Gasteiger partial charge in [0.05, 0.1) is 0 Å². The number of hydrogen-bond donors (Lipinski definition) is 0. The average molecular weight is 232 g/mol. The Balaban J connectivity index is 2.72. The highest BCUT2D eigenvalue weighted by molar-refractivity contribution is 5.60. The maximum Gasteiger partial charge on any atom is 0.0382 e. The largest absolute Gasteiger partial charge is 0.371 e. The van der Waals surface area contributed by atoms with Crippen LogP contribution in [-0.4, -0.2) is 23.0 Å². The molecule has 0 atom stereocenters. The van der Waals surface area contributed by atoms with E-state index in [1.54, 1.807) is 0 Å². The smallest absolute Gasteiger partial charge is 0.0382 e. The van der Waals surface area contributed by atoms with E-state index in [-0.39, 0.29) is 0 Å². The van der Waals surface area contributed by atoms with Crippen LogP contribution in [0.2, 0.25) is 0 Å². The highest BCUT2D eigenvalue weighted by atomic mass is 15.1. The van der Waals surface area contributed by atoms with Crippen LogP contribution in [0.1, 0.15) is 44.4 Å². The van der Waals surface area contributed by atoms with Crippen LogP contribution in [0.15, 0.2) is 24.9 Å². The summed E-state index contributed by atoms with van der Waals surface area (Å²) in [6.07, 6.45) is 5.52. The van der Waals surface area contributed by atoms with Crippen molar-refractivity contribution in [3.63, 3.8) is 0 Å². The van der Waals surface area contributed by atoms with Crippen LogP contribution in [0.5, 0.6) is 0 Å². The summed E-state index contributed by atoms with van der Waals surface area (Å²) >= 11 is 0. The third kappa shape index (κ3) is 4.22. The van der Waals surface area contributed by atoms with E-state index >= 15 is 0 Å². The van der Waals surface area contributed by atoms with Gasteiger partial charge in [-0.15, -0.1) is 0 Å². The molecule has 0 saturated heterocycles. The van der Waals surface area contributed by atoms with Gasteiger partial charge in [-0.25, -0.2) is 0 Å². The monoisotopic (exact) mass is 232 g/mol. The van der Waals surface area contributed by atoms with Crippen LogP contribution in [0, 0.1) is 6.92 Å². The second-order valence-electron chi connectivity index (χ2n) is 4.48. The van der Waals surface area contributed by atoms with Gasteiger partial charge in [-0.2, -0.15) is 0 Å². The Bertz CT molecular complexity index is 340. The van der Waals surface area contributed by atoms with Crippen LogP contribution in [0.4, 0.5) is 0 Å². The van der Waals surface area contributed by atoms with Crippen LogP contribution < -0.4 is 0 Å². The second-order valence-corrected chi connectivity index (χ2v) is 4.48. The second kappa shape index (κ2) is 7.10. The van der Waals surface area contributed by atoms with Crippen molar-refractivity contribution in [3.05, 3.63) is 36.2 Å². The lowest BCUT2D eigenvalue weighted by molar-refractivity contribution is 0.388. The van der Waals surface area contributed by atoms with Gasteiger partial charge in [0.1, 0.15) is 0 Å². The zero-order valence-electron chi connectivity index (χ0n) is 11.4. The molecule has 1 aromatic heterocycles. The lowest BCUT2D eigenvalue weighted by Crippen LogP contribution is -2.23. The topological polar surface area (TPSA) is 16.1 Å². The summed E-state index contributed by atoms with van der Waals surface area (Å²) in [7, 11) is 0. The predicted molar refractivity (Wildman–Crippen MR) is 74.8 cm³/mol. The standard InChI is InChI=1S/C15H24N2/c1-5-7-11-17(10-6-2)14(4)15-9-8-13(3)16-12-15/h8-9,12H,4-7,10-11H2,1-3H3. The molecule has 17 heavy (non-hydrogen) atoms. The zero-order valence-corrected chi connectivity index (χ0v) is 11.4. The number of nitrogens with zero attached hydrogens (tertiary/aromatic N) is 2. The van der Waals surface area contributed by atoms with Crippen molar-refractivity contribution in [2.75, 3.05) is 13.1 Å². The fraction of sp³-hybridized carbons (Fsp3) is 0.533. The first kappa shape index (κ1) is 13.8. The molecule has 0 unspecified atom stereocenters. The minimum absolute atomic E-state index is 1.05. The van der Waals surface area contributed by atoms with Crippen molar-refractivity contribution in [2.24, 2.45) is 0 Å². The number of hydrogen-bond acceptors (Lipinski definition) is 2. The number of rotatable bonds is 7. The molecule has 1 aromatic rings. The summed E-state index contributed by atoms with van der Waals surface area (Å²) in [4.78, 5) is 6.71. The summed E-state index contributed by atoms with van der Waals surface area (Å²) in [5.74, 6) is 0. The van der Waals surface area contributed by atoms with Gasteiger partial charge in [0, 0.05) is 36.2 Å². The van der Waals surface area contributed by atoms with E-state index in [0.717, 1.165) is 36.5 Å². The van der Waals surface area contributed by atoms with E-state index in [1.165, 1.54) is 12.8 Å². The van der Waals surface area contributed by atoms with Crippen LogP contribution in [0.3, 0.4) is 0 Å². The van der Waals surface area contributed by atoms with E-state index in [2.05, 4.69) is 36.4 Å². The number of aryl methyl sites for hydroxylation is 1. The molecule has 1 heterocycles. The van der Waals surface area contributed by atoms with Crippen LogP contribution in [0.25, 0.3) is 5.70 Å². The molecule has 0 N–H and O–H groups in total. The van der Waals surface area contributed by atoms with Crippen molar-refractivity contribution < 1.29 is 0 Å². The van der Waals surface area contributed by atoms with Crippen molar-refractivity contribution >= 4 is 5.70 Å². The first-order chi connectivity index (χ1) is 8.19.